The number of Topliss-reactive ketones (excluding diaryl/α,β-unsaturated/α-hetero) is 1. The lowest BCUT2D eigenvalue weighted by molar-refractivity contribution is 0.0322. The number of carbonyl (C=O) groups excluding carboxylic acids is 1. The number of ether oxygens (including phenoxy) is 2. The molecule has 1 aromatic carbocycles. The molecule has 0 radical (unpaired) electrons. The quantitative estimate of drug-likeness (QED) is 0.777. The first kappa shape index (κ1) is 14.3. The van der Waals surface area contributed by atoms with Crippen LogP contribution in [0, 0.1) is 0 Å². The minimum absolute atomic E-state index is 0.00164. The van der Waals surface area contributed by atoms with Crippen molar-refractivity contribution in [3.8, 4) is 5.75 Å². The molecule has 104 valence electrons. The summed E-state index contributed by atoms with van der Waals surface area (Å²) in [4.78, 5) is 13.5. The molecular formula is C14H18ClNO3. The SMILES string of the molecule is CC(=O)c1ccc(OCCN2CCOCC2)c(Cl)c1. The smallest absolute Gasteiger partial charge is 0.159 e. The van der Waals surface area contributed by atoms with Crippen molar-refractivity contribution in [1.82, 2.24) is 4.90 Å². The van der Waals surface area contributed by atoms with Gasteiger partial charge in [0.05, 0.1) is 18.2 Å². The third kappa shape index (κ3) is 4.20. The zero-order valence-corrected chi connectivity index (χ0v) is 11.8. The predicted molar refractivity (Wildman–Crippen MR) is 74.2 cm³/mol. The largest absolute Gasteiger partial charge is 0.491 e. The van der Waals surface area contributed by atoms with Gasteiger partial charge in [-0.05, 0) is 25.1 Å². The highest BCUT2D eigenvalue weighted by molar-refractivity contribution is 6.32. The molecule has 0 aliphatic carbocycles. The third-order valence-corrected chi connectivity index (χ3v) is 3.40. The summed E-state index contributed by atoms with van der Waals surface area (Å²) in [6.45, 7) is 6.42. The van der Waals surface area contributed by atoms with Crippen LogP contribution in [0.1, 0.15) is 17.3 Å². The van der Waals surface area contributed by atoms with Crippen molar-refractivity contribution in [2.75, 3.05) is 39.5 Å². The number of nitrogens with zero attached hydrogens (tertiary/aromatic N) is 1. The maximum atomic E-state index is 11.2. The van der Waals surface area contributed by atoms with Crippen molar-refractivity contribution in [2.45, 2.75) is 6.92 Å². The molecule has 0 saturated carbocycles. The number of morpholine rings is 1. The van der Waals surface area contributed by atoms with Gasteiger partial charge in [0.2, 0.25) is 0 Å². The Morgan fingerprint density at radius 3 is 2.79 bits per heavy atom. The second-order valence-electron chi connectivity index (χ2n) is 4.50. The van der Waals surface area contributed by atoms with E-state index in [-0.39, 0.29) is 5.78 Å². The molecular weight excluding hydrogens is 266 g/mol. The highest BCUT2D eigenvalue weighted by Crippen LogP contribution is 2.25. The number of carbonyl (C=O) groups is 1. The van der Waals surface area contributed by atoms with E-state index in [1.807, 2.05) is 0 Å². The van der Waals surface area contributed by atoms with E-state index in [1.165, 1.54) is 6.92 Å². The van der Waals surface area contributed by atoms with E-state index in [0.29, 0.717) is 22.9 Å². The van der Waals surface area contributed by atoms with Crippen molar-refractivity contribution in [1.29, 1.82) is 0 Å². The van der Waals surface area contributed by atoms with Gasteiger partial charge >= 0.3 is 0 Å². The van der Waals surface area contributed by atoms with Crippen molar-refractivity contribution >= 4 is 17.4 Å². The highest BCUT2D eigenvalue weighted by atomic mass is 35.5. The lowest BCUT2D eigenvalue weighted by Crippen LogP contribution is -2.38. The Bertz CT molecular complexity index is 444. The van der Waals surface area contributed by atoms with Crippen LogP contribution >= 0.6 is 11.6 Å². The van der Waals surface area contributed by atoms with E-state index in [9.17, 15) is 4.79 Å². The fraction of sp³-hybridized carbons (Fsp3) is 0.500. The highest BCUT2D eigenvalue weighted by Gasteiger charge is 2.11. The zero-order chi connectivity index (χ0) is 13.7. The average Bonchev–Trinajstić information content (AvgIpc) is 2.41. The number of hydrogen-bond acceptors (Lipinski definition) is 4. The number of benzene rings is 1. The third-order valence-electron chi connectivity index (χ3n) is 3.11. The summed E-state index contributed by atoms with van der Waals surface area (Å²) >= 11 is 6.08. The van der Waals surface area contributed by atoms with E-state index in [0.717, 1.165) is 32.8 Å². The van der Waals surface area contributed by atoms with Crippen LogP contribution in [-0.4, -0.2) is 50.1 Å². The van der Waals surface area contributed by atoms with Crippen molar-refractivity contribution in [2.24, 2.45) is 0 Å². The van der Waals surface area contributed by atoms with Gasteiger partial charge in [-0.25, -0.2) is 0 Å². The molecule has 2 rings (SSSR count). The van der Waals surface area contributed by atoms with Gasteiger partial charge in [0, 0.05) is 25.2 Å². The van der Waals surface area contributed by atoms with E-state index in [2.05, 4.69) is 4.90 Å². The summed E-state index contributed by atoms with van der Waals surface area (Å²) in [7, 11) is 0. The Hall–Kier alpha value is -1.10. The molecule has 1 aliphatic rings. The van der Waals surface area contributed by atoms with Crippen molar-refractivity contribution < 1.29 is 14.3 Å². The summed E-state index contributed by atoms with van der Waals surface area (Å²) in [5.74, 6) is 0.627. The summed E-state index contributed by atoms with van der Waals surface area (Å²) in [5, 5.41) is 0.481. The van der Waals surface area contributed by atoms with Crippen LogP contribution in [0.4, 0.5) is 0 Å². The fourth-order valence-electron chi connectivity index (χ4n) is 1.95. The van der Waals surface area contributed by atoms with Crippen LogP contribution in [0.5, 0.6) is 5.75 Å². The molecule has 0 amide bonds. The van der Waals surface area contributed by atoms with Crippen molar-refractivity contribution in [3.05, 3.63) is 28.8 Å². The molecule has 1 aliphatic heterocycles. The molecule has 0 spiro atoms. The van der Waals surface area contributed by atoms with Crippen LogP contribution in [0.3, 0.4) is 0 Å². The Morgan fingerprint density at radius 2 is 2.16 bits per heavy atom. The summed E-state index contributed by atoms with van der Waals surface area (Å²) < 4.78 is 10.9. The Balaban J connectivity index is 1.83. The molecule has 0 unspecified atom stereocenters. The van der Waals surface area contributed by atoms with E-state index < -0.39 is 0 Å². The molecule has 0 atom stereocenters. The Kier molecular flexibility index (Phi) is 5.19. The van der Waals surface area contributed by atoms with Gasteiger partial charge in [0.25, 0.3) is 0 Å². The topological polar surface area (TPSA) is 38.8 Å². The minimum Gasteiger partial charge on any atom is -0.491 e. The lowest BCUT2D eigenvalue weighted by Gasteiger charge is -2.26. The van der Waals surface area contributed by atoms with E-state index in [1.54, 1.807) is 18.2 Å². The fourth-order valence-corrected chi connectivity index (χ4v) is 2.18. The standard InChI is InChI=1S/C14H18ClNO3/c1-11(17)12-2-3-14(13(15)10-12)19-9-6-16-4-7-18-8-5-16/h2-3,10H,4-9H2,1H3. The molecule has 1 saturated heterocycles. The second-order valence-corrected chi connectivity index (χ2v) is 4.91. The van der Waals surface area contributed by atoms with Crippen LogP contribution in [-0.2, 0) is 4.74 Å². The summed E-state index contributed by atoms with van der Waals surface area (Å²) in [6, 6.07) is 5.13. The van der Waals surface area contributed by atoms with Crippen molar-refractivity contribution in [3.63, 3.8) is 0 Å². The molecule has 5 heteroatoms. The van der Waals surface area contributed by atoms with Gasteiger partial charge in [0.1, 0.15) is 12.4 Å². The zero-order valence-electron chi connectivity index (χ0n) is 11.0. The Labute approximate surface area is 118 Å². The molecule has 4 nitrogen and oxygen atoms in total. The lowest BCUT2D eigenvalue weighted by atomic mass is 10.1. The van der Waals surface area contributed by atoms with Gasteiger partial charge in [-0.3, -0.25) is 9.69 Å². The summed E-state index contributed by atoms with van der Waals surface area (Å²) in [5.41, 5.74) is 0.602. The molecule has 1 fully saturated rings. The number of ketones is 1. The normalized spacial score (nSPS) is 16.3. The molecule has 1 heterocycles. The van der Waals surface area contributed by atoms with Gasteiger partial charge in [-0.15, -0.1) is 0 Å². The van der Waals surface area contributed by atoms with E-state index in [4.69, 9.17) is 21.1 Å². The average molecular weight is 284 g/mol. The van der Waals surface area contributed by atoms with Gasteiger partial charge in [0.15, 0.2) is 5.78 Å². The Morgan fingerprint density at radius 1 is 1.42 bits per heavy atom. The maximum Gasteiger partial charge on any atom is 0.159 e. The number of rotatable bonds is 5. The number of halogens is 1. The number of hydrogen-bond donors (Lipinski definition) is 0. The first-order chi connectivity index (χ1) is 9.16. The van der Waals surface area contributed by atoms with Crippen LogP contribution < -0.4 is 4.74 Å². The molecule has 1 aromatic rings. The molecule has 0 bridgehead atoms. The molecule has 0 N–H and O–H groups in total. The van der Waals surface area contributed by atoms with Gasteiger partial charge < -0.3 is 9.47 Å². The van der Waals surface area contributed by atoms with Crippen LogP contribution in [0.25, 0.3) is 0 Å². The van der Waals surface area contributed by atoms with Crippen LogP contribution in [0.2, 0.25) is 5.02 Å². The predicted octanol–water partition coefficient (Wildman–Crippen LogP) is 2.25. The maximum absolute atomic E-state index is 11.2. The monoisotopic (exact) mass is 283 g/mol. The van der Waals surface area contributed by atoms with Gasteiger partial charge in [-0.2, -0.15) is 0 Å². The van der Waals surface area contributed by atoms with E-state index >= 15 is 0 Å². The second kappa shape index (κ2) is 6.89. The minimum atomic E-state index is 0.00164. The van der Waals surface area contributed by atoms with Gasteiger partial charge in [-0.1, -0.05) is 11.6 Å². The van der Waals surface area contributed by atoms with Crippen LogP contribution in [0.15, 0.2) is 18.2 Å². The summed E-state index contributed by atoms with van der Waals surface area (Å²) in [6.07, 6.45) is 0. The first-order valence-electron chi connectivity index (χ1n) is 6.40. The molecule has 0 aromatic heterocycles. The first-order valence-corrected chi connectivity index (χ1v) is 6.78. The molecule has 19 heavy (non-hydrogen) atoms.